The quantitative estimate of drug-likeness (QED) is 0.390. The number of carbonyl (C=O) groups excluding carboxylic acids is 1. The van der Waals surface area contributed by atoms with E-state index in [0.29, 0.717) is 25.2 Å². The number of fused-ring (bicyclic) bond motifs is 1. The molecule has 0 radical (unpaired) electrons. The van der Waals surface area contributed by atoms with Crippen molar-refractivity contribution in [2.45, 2.75) is 20.0 Å². The Morgan fingerprint density at radius 3 is 2.45 bits per heavy atom. The maximum absolute atomic E-state index is 13.6. The molecule has 7 heteroatoms. The highest BCUT2D eigenvalue weighted by atomic mass is 32.1. The lowest BCUT2D eigenvalue weighted by atomic mass is 10.1. The fourth-order valence-corrected chi connectivity index (χ4v) is 4.84. The van der Waals surface area contributed by atoms with Gasteiger partial charge in [0.2, 0.25) is 0 Å². The number of likely N-dealkylation sites (N-methyl/N-ethyl adjacent to an activating group) is 1. The lowest BCUT2D eigenvalue weighted by Gasteiger charge is -2.24. The number of hydrogen-bond acceptors (Lipinski definition) is 5. The van der Waals surface area contributed by atoms with Crippen LogP contribution in [0.4, 0.5) is 0 Å². The van der Waals surface area contributed by atoms with Crippen LogP contribution in [0.25, 0.3) is 10.2 Å². The number of thiophene rings is 1. The van der Waals surface area contributed by atoms with Crippen molar-refractivity contribution in [3.05, 3.63) is 87.9 Å². The fraction of sp³-hybridized carbons (Fsp3) is 0.269. The molecule has 0 saturated heterocycles. The monoisotopic (exact) mass is 457 g/mol. The van der Waals surface area contributed by atoms with Gasteiger partial charge in [0.05, 0.1) is 28.7 Å². The predicted octanol–water partition coefficient (Wildman–Crippen LogP) is 4.53. The summed E-state index contributed by atoms with van der Waals surface area (Å²) >= 11 is 1.50. The molecular formula is C26H27N5OS. The zero-order valence-electron chi connectivity index (χ0n) is 19.2. The Labute approximate surface area is 198 Å². The maximum Gasteiger partial charge on any atom is 0.264 e. The minimum atomic E-state index is 0.0214. The van der Waals surface area contributed by atoms with Gasteiger partial charge >= 0.3 is 0 Å². The third-order valence-corrected chi connectivity index (χ3v) is 6.69. The topological polar surface area (TPSA) is 65.2 Å². The zero-order valence-corrected chi connectivity index (χ0v) is 20.0. The molecule has 6 nitrogen and oxygen atoms in total. The Bertz CT molecular complexity index is 1280. The second-order valence-electron chi connectivity index (χ2n) is 8.40. The molecule has 0 saturated carbocycles. The smallest absolute Gasteiger partial charge is 0.264 e. The Balaban J connectivity index is 1.61. The van der Waals surface area contributed by atoms with E-state index < -0.39 is 0 Å². The van der Waals surface area contributed by atoms with Crippen LogP contribution in [-0.2, 0) is 13.1 Å². The lowest BCUT2D eigenvalue weighted by Crippen LogP contribution is -2.35. The summed E-state index contributed by atoms with van der Waals surface area (Å²) in [5, 5.41) is 14.8. The number of nitriles is 1. The first-order chi connectivity index (χ1) is 15.9. The van der Waals surface area contributed by atoms with Crippen LogP contribution < -0.4 is 0 Å². The normalized spacial score (nSPS) is 11.1. The molecule has 4 rings (SSSR count). The molecule has 0 aliphatic carbocycles. The van der Waals surface area contributed by atoms with Crippen molar-refractivity contribution in [1.82, 2.24) is 19.6 Å². The van der Waals surface area contributed by atoms with Gasteiger partial charge in [0.15, 0.2) is 0 Å². The van der Waals surface area contributed by atoms with Crippen LogP contribution in [0.1, 0.15) is 32.1 Å². The largest absolute Gasteiger partial charge is 0.332 e. The van der Waals surface area contributed by atoms with Gasteiger partial charge in [0.1, 0.15) is 4.83 Å². The number of hydrogen-bond donors (Lipinski definition) is 0. The number of amides is 1. The van der Waals surface area contributed by atoms with Crippen molar-refractivity contribution in [3.63, 3.8) is 0 Å². The van der Waals surface area contributed by atoms with E-state index in [1.165, 1.54) is 16.9 Å². The molecule has 0 aliphatic rings. The molecule has 0 atom stereocenters. The molecule has 0 N–H and O–H groups in total. The average molecular weight is 458 g/mol. The van der Waals surface area contributed by atoms with E-state index in [4.69, 9.17) is 10.4 Å². The van der Waals surface area contributed by atoms with Gasteiger partial charge in [-0.25, -0.2) is 0 Å². The van der Waals surface area contributed by atoms with Crippen LogP contribution >= 0.6 is 11.3 Å². The van der Waals surface area contributed by atoms with E-state index in [0.717, 1.165) is 32.9 Å². The van der Waals surface area contributed by atoms with Crippen LogP contribution in [-0.4, -0.2) is 52.7 Å². The van der Waals surface area contributed by atoms with Gasteiger partial charge in [0.25, 0.3) is 5.91 Å². The van der Waals surface area contributed by atoms with Gasteiger partial charge in [-0.05, 0) is 50.3 Å². The third kappa shape index (κ3) is 5.30. The summed E-state index contributed by atoms with van der Waals surface area (Å²) in [6.45, 7) is 4.56. The molecule has 168 valence electrons. The number of nitrogens with zero attached hydrogens (tertiary/aromatic N) is 5. The maximum atomic E-state index is 13.6. The van der Waals surface area contributed by atoms with E-state index in [1.54, 1.807) is 12.1 Å². The number of aromatic nitrogens is 2. The lowest BCUT2D eigenvalue weighted by molar-refractivity contribution is 0.0737. The molecular weight excluding hydrogens is 430 g/mol. The van der Waals surface area contributed by atoms with Crippen molar-refractivity contribution >= 4 is 27.5 Å². The predicted molar refractivity (Wildman–Crippen MR) is 132 cm³/mol. The average Bonchev–Trinajstić information content (AvgIpc) is 3.38. The molecule has 2 heterocycles. The van der Waals surface area contributed by atoms with E-state index in [9.17, 15) is 4.79 Å². The van der Waals surface area contributed by atoms with Gasteiger partial charge in [-0.3, -0.25) is 9.48 Å². The highest BCUT2D eigenvalue weighted by Crippen LogP contribution is 2.30. The van der Waals surface area contributed by atoms with E-state index in [-0.39, 0.29) is 5.91 Å². The number of aryl methyl sites for hydroxylation is 1. The van der Waals surface area contributed by atoms with Gasteiger partial charge in [0, 0.05) is 25.0 Å². The summed E-state index contributed by atoms with van der Waals surface area (Å²) in [5.41, 5.74) is 3.74. The Kier molecular flexibility index (Phi) is 6.87. The second kappa shape index (κ2) is 9.99. The number of rotatable bonds is 8. The molecule has 0 bridgehead atoms. The van der Waals surface area contributed by atoms with Crippen LogP contribution in [0.3, 0.4) is 0 Å². The first-order valence-electron chi connectivity index (χ1n) is 10.9. The first-order valence-corrected chi connectivity index (χ1v) is 11.7. The van der Waals surface area contributed by atoms with Gasteiger partial charge < -0.3 is 9.80 Å². The van der Waals surface area contributed by atoms with Crippen molar-refractivity contribution in [2.75, 3.05) is 27.2 Å². The third-order valence-electron chi connectivity index (χ3n) is 5.55. The Morgan fingerprint density at radius 2 is 1.79 bits per heavy atom. The molecule has 4 aromatic rings. The second-order valence-corrected chi connectivity index (χ2v) is 9.43. The van der Waals surface area contributed by atoms with Crippen LogP contribution in [0, 0.1) is 18.3 Å². The SMILES string of the molecule is Cc1nn(Cc2ccccc2)c2sc(C(=O)N(CCN(C)C)Cc3ccc(C#N)cc3)cc12. The molecule has 2 aromatic carbocycles. The standard InChI is InChI=1S/C26H27N5OS/c1-19-23-15-24(33-26(23)31(28-19)18-21-7-5-4-6-8-21)25(32)30(14-13-29(2)3)17-22-11-9-20(16-27)10-12-22/h4-12,15H,13-14,17-18H2,1-3H3. The van der Waals surface area contributed by atoms with Crippen molar-refractivity contribution in [3.8, 4) is 6.07 Å². The summed E-state index contributed by atoms with van der Waals surface area (Å²) in [7, 11) is 4.01. The first kappa shape index (κ1) is 22.7. The van der Waals surface area contributed by atoms with E-state index in [2.05, 4.69) is 23.1 Å². The van der Waals surface area contributed by atoms with Gasteiger partial charge in [-0.1, -0.05) is 42.5 Å². The molecule has 0 unspecified atom stereocenters. The molecule has 0 aliphatic heterocycles. The summed E-state index contributed by atoms with van der Waals surface area (Å²) in [5.74, 6) is 0.0214. The van der Waals surface area contributed by atoms with E-state index in [1.807, 2.05) is 67.0 Å². The minimum Gasteiger partial charge on any atom is -0.332 e. The van der Waals surface area contributed by atoms with Crippen LogP contribution in [0.15, 0.2) is 60.7 Å². The highest BCUT2D eigenvalue weighted by Gasteiger charge is 2.21. The molecule has 1 amide bonds. The van der Waals surface area contributed by atoms with Gasteiger partial charge in [-0.15, -0.1) is 11.3 Å². The zero-order chi connectivity index (χ0) is 23.4. The van der Waals surface area contributed by atoms with Crippen molar-refractivity contribution in [2.24, 2.45) is 0 Å². The summed E-state index contributed by atoms with van der Waals surface area (Å²) in [6.07, 6.45) is 0. The van der Waals surface area contributed by atoms with E-state index >= 15 is 0 Å². The van der Waals surface area contributed by atoms with Crippen LogP contribution in [0.5, 0.6) is 0 Å². The molecule has 2 aromatic heterocycles. The molecule has 0 fully saturated rings. The fourth-order valence-electron chi connectivity index (χ4n) is 3.72. The summed E-state index contributed by atoms with van der Waals surface area (Å²) in [6, 6.07) is 21.8. The molecule has 33 heavy (non-hydrogen) atoms. The summed E-state index contributed by atoms with van der Waals surface area (Å²) in [4.78, 5) is 19.3. The highest BCUT2D eigenvalue weighted by molar-refractivity contribution is 7.20. The van der Waals surface area contributed by atoms with Gasteiger partial charge in [-0.2, -0.15) is 10.4 Å². The Morgan fingerprint density at radius 1 is 1.06 bits per heavy atom. The minimum absolute atomic E-state index is 0.0214. The number of benzene rings is 2. The van der Waals surface area contributed by atoms with Crippen molar-refractivity contribution < 1.29 is 4.79 Å². The Hall–Kier alpha value is -3.47. The molecule has 0 spiro atoms. The van der Waals surface area contributed by atoms with Crippen molar-refractivity contribution in [1.29, 1.82) is 5.26 Å². The number of carbonyl (C=O) groups is 1. The summed E-state index contributed by atoms with van der Waals surface area (Å²) < 4.78 is 1.99. The van der Waals surface area contributed by atoms with Crippen LogP contribution in [0.2, 0.25) is 0 Å².